The van der Waals surface area contributed by atoms with Gasteiger partial charge < -0.3 is 5.73 Å². The molecular weight excluding hydrogens is 208 g/mol. The molecule has 0 saturated carbocycles. The van der Waals surface area contributed by atoms with Gasteiger partial charge in [-0.25, -0.2) is 15.0 Å². The molecule has 2 rings (SSSR count). The van der Waals surface area contributed by atoms with Gasteiger partial charge in [0.2, 0.25) is 0 Å². The van der Waals surface area contributed by atoms with E-state index in [9.17, 15) is 0 Å². The molecule has 0 unspecified atom stereocenters. The van der Waals surface area contributed by atoms with Gasteiger partial charge in [-0.05, 0) is 13.3 Å². The molecule has 0 aliphatic rings. The molecule has 0 fully saturated rings. The molecule has 0 amide bonds. The molecular formula is C10H12N4S. The monoisotopic (exact) mass is 220 g/mol. The van der Waals surface area contributed by atoms with Crippen LogP contribution >= 0.6 is 11.3 Å². The molecule has 0 radical (unpaired) electrons. The van der Waals surface area contributed by atoms with Crippen molar-refractivity contribution in [3.63, 3.8) is 0 Å². The number of anilines is 1. The zero-order chi connectivity index (χ0) is 10.8. The second-order valence-corrected chi connectivity index (χ2v) is 4.08. The van der Waals surface area contributed by atoms with Crippen molar-refractivity contribution in [2.24, 2.45) is 0 Å². The summed E-state index contributed by atoms with van der Waals surface area (Å²) in [7, 11) is 0. The Labute approximate surface area is 92.2 Å². The van der Waals surface area contributed by atoms with Crippen LogP contribution in [-0.2, 0) is 6.42 Å². The van der Waals surface area contributed by atoms with Crippen LogP contribution in [0.3, 0.4) is 0 Å². The van der Waals surface area contributed by atoms with Crippen molar-refractivity contribution >= 4 is 17.2 Å². The minimum atomic E-state index is 0.565. The van der Waals surface area contributed by atoms with Gasteiger partial charge in [-0.3, -0.25) is 0 Å². The molecule has 0 aromatic carbocycles. The third-order valence-corrected chi connectivity index (χ3v) is 2.99. The molecule has 2 N–H and O–H groups in total. The standard InChI is InChI=1S/C10H12N4S/c1-3-7-6(2)13-9(14-8(7)11)10-12-4-5-15-10/h4-5H,3H2,1-2H3,(H2,11,13,14). The zero-order valence-corrected chi connectivity index (χ0v) is 9.51. The highest BCUT2D eigenvalue weighted by Crippen LogP contribution is 2.22. The van der Waals surface area contributed by atoms with Crippen molar-refractivity contribution in [1.82, 2.24) is 15.0 Å². The number of aromatic nitrogens is 3. The van der Waals surface area contributed by atoms with E-state index >= 15 is 0 Å². The van der Waals surface area contributed by atoms with Crippen LogP contribution in [0.1, 0.15) is 18.2 Å². The number of nitrogen functional groups attached to an aromatic ring is 1. The smallest absolute Gasteiger partial charge is 0.190 e. The average molecular weight is 220 g/mol. The number of thiazole rings is 1. The van der Waals surface area contributed by atoms with Crippen LogP contribution < -0.4 is 5.73 Å². The lowest BCUT2D eigenvalue weighted by Gasteiger charge is -2.06. The maximum atomic E-state index is 5.86. The highest BCUT2D eigenvalue weighted by molar-refractivity contribution is 7.13. The largest absolute Gasteiger partial charge is 0.383 e. The Morgan fingerprint density at radius 1 is 1.40 bits per heavy atom. The average Bonchev–Trinajstić information content (AvgIpc) is 2.69. The summed E-state index contributed by atoms with van der Waals surface area (Å²) in [4.78, 5) is 12.8. The fourth-order valence-electron chi connectivity index (χ4n) is 1.48. The van der Waals surface area contributed by atoms with Crippen LogP contribution in [0, 0.1) is 6.92 Å². The summed E-state index contributed by atoms with van der Waals surface area (Å²) in [5.41, 5.74) is 7.83. The molecule has 0 atom stereocenters. The Hall–Kier alpha value is -1.49. The molecule has 0 spiro atoms. The minimum absolute atomic E-state index is 0.565. The topological polar surface area (TPSA) is 64.7 Å². The number of hydrogen-bond donors (Lipinski definition) is 1. The van der Waals surface area contributed by atoms with Crippen LogP contribution in [0.15, 0.2) is 11.6 Å². The number of nitrogens with zero attached hydrogens (tertiary/aromatic N) is 3. The summed E-state index contributed by atoms with van der Waals surface area (Å²) in [5.74, 6) is 1.19. The molecule has 2 aromatic heterocycles. The van der Waals surface area contributed by atoms with Crippen molar-refractivity contribution in [2.75, 3.05) is 5.73 Å². The van der Waals surface area contributed by atoms with E-state index in [1.54, 1.807) is 6.20 Å². The van der Waals surface area contributed by atoms with Crippen molar-refractivity contribution in [3.05, 3.63) is 22.8 Å². The molecule has 0 bridgehead atoms. The van der Waals surface area contributed by atoms with E-state index in [-0.39, 0.29) is 0 Å². The number of rotatable bonds is 2. The van der Waals surface area contributed by atoms with Gasteiger partial charge >= 0.3 is 0 Å². The molecule has 0 aliphatic heterocycles. The van der Waals surface area contributed by atoms with Crippen LogP contribution in [0.2, 0.25) is 0 Å². The first-order chi connectivity index (χ1) is 7.22. The first kappa shape index (κ1) is 10.0. The summed E-state index contributed by atoms with van der Waals surface area (Å²) in [6.07, 6.45) is 2.60. The van der Waals surface area contributed by atoms with Crippen molar-refractivity contribution in [1.29, 1.82) is 0 Å². The SMILES string of the molecule is CCc1c(C)nc(-c2nccs2)nc1N. The Morgan fingerprint density at radius 2 is 2.20 bits per heavy atom. The maximum Gasteiger partial charge on any atom is 0.190 e. The van der Waals surface area contributed by atoms with Crippen LogP contribution in [0.25, 0.3) is 10.8 Å². The highest BCUT2D eigenvalue weighted by atomic mass is 32.1. The highest BCUT2D eigenvalue weighted by Gasteiger charge is 2.10. The number of hydrogen-bond acceptors (Lipinski definition) is 5. The normalized spacial score (nSPS) is 10.5. The van der Waals surface area contributed by atoms with Gasteiger partial charge in [0.05, 0.1) is 0 Å². The first-order valence-corrected chi connectivity index (χ1v) is 5.63. The Morgan fingerprint density at radius 3 is 2.73 bits per heavy atom. The minimum Gasteiger partial charge on any atom is -0.383 e. The fourth-order valence-corrected chi connectivity index (χ4v) is 2.05. The van der Waals surface area contributed by atoms with E-state index in [2.05, 4.69) is 15.0 Å². The molecule has 78 valence electrons. The van der Waals surface area contributed by atoms with Crippen molar-refractivity contribution in [2.45, 2.75) is 20.3 Å². The van der Waals surface area contributed by atoms with E-state index in [0.29, 0.717) is 11.6 Å². The summed E-state index contributed by atoms with van der Waals surface area (Å²) in [6.45, 7) is 4.00. The van der Waals surface area contributed by atoms with E-state index < -0.39 is 0 Å². The van der Waals surface area contributed by atoms with Crippen molar-refractivity contribution in [3.8, 4) is 10.8 Å². The molecule has 15 heavy (non-hydrogen) atoms. The summed E-state index contributed by atoms with van der Waals surface area (Å²) in [6, 6.07) is 0. The van der Waals surface area contributed by atoms with Gasteiger partial charge in [0.1, 0.15) is 5.82 Å². The van der Waals surface area contributed by atoms with Crippen LogP contribution in [0.5, 0.6) is 0 Å². The quantitative estimate of drug-likeness (QED) is 0.841. The van der Waals surface area contributed by atoms with E-state index in [0.717, 1.165) is 22.7 Å². The molecule has 2 aromatic rings. The molecule has 2 heterocycles. The van der Waals surface area contributed by atoms with Crippen LogP contribution in [0.4, 0.5) is 5.82 Å². The third kappa shape index (κ3) is 1.83. The third-order valence-electron chi connectivity index (χ3n) is 2.22. The summed E-state index contributed by atoms with van der Waals surface area (Å²) >= 11 is 1.52. The Bertz CT molecular complexity index is 441. The van der Waals surface area contributed by atoms with Gasteiger partial charge in [-0.15, -0.1) is 11.3 Å². The fraction of sp³-hybridized carbons (Fsp3) is 0.300. The predicted molar refractivity (Wildman–Crippen MR) is 61.7 cm³/mol. The molecule has 4 nitrogen and oxygen atoms in total. The van der Waals surface area contributed by atoms with Crippen molar-refractivity contribution < 1.29 is 0 Å². The van der Waals surface area contributed by atoms with Gasteiger partial charge in [-0.2, -0.15) is 0 Å². The van der Waals surface area contributed by atoms with Gasteiger partial charge in [0.25, 0.3) is 0 Å². The lowest BCUT2D eigenvalue weighted by molar-refractivity contribution is 1.01. The van der Waals surface area contributed by atoms with Gasteiger partial charge in [0.15, 0.2) is 10.8 Å². The molecule has 0 aliphatic carbocycles. The molecule has 0 saturated heterocycles. The van der Waals surface area contributed by atoms with Crippen LogP contribution in [-0.4, -0.2) is 15.0 Å². The van der Waals surface area contributed by atoms with Gasteiger partial charge in [-0.1, -0.05) is 6.92 Å². The Kier molecular flexibility index (Phi) is 2.64. The van der Waals surface area contributed by atoms with E-state index in [1.165, 1.54) is 11.3 Å². The Balaban J connectivity index is 2.53. The van der Waals surface area contributed by atoms with E-state index in [1.807, 2.05) is 19.2 Å². The number of nitrogens with two attached hydrogens (primary N) is 1. The lowest BCUT2D eigenvalue weighted by Crippen LogP contribution is -2.04. The lowest BCUT2D eigenvalue weighted by atomic mass is 10.2. The summed E-state index contributed by atoms with van der Waals surface area (Å²) in [5, 5.41) is 2.71. The maximum absolute atomic E-state index is 5.86. The second-order valence-electron chi connectivity index (χ2n) is 3.19. The van der Waals surface area contributed by atoms with E-state index in [4.69, 9.17) is 5.73 Å². The van der Waals surface area contributed by atoms with Gasteiger partial charge in [0, 0.05) is 22.8 Å². The summed E-state index contributed by atoms with van der Waals surface area (Å²) < 4.78 is 0. The first-order valence-electron chi connectivity index (χ1n) is 4.75. The second kappa shape index (κ2) is 3.94. The number of aryl methyl sites for hydroxylation is 1. The molecule has 5 heteroatoms. The zero-order valence-electron chi connectivity index (χ0n) is 8.69. The predicted octanol–water partition coefficient (Wildman–Crippen LogP) is 2.05.